The lowest BCUT2D eigenvalue weighted by molar-refractivity contribution is -0.303. The van der Waals surface area contributed by atoms with Crippen molar-refractivity contribution in [1.82, 2.24) is 37.2 Å². The number of unbranched alkanes of at least 4 members (excludes halogenated alkanes) is 1. The molecule has 0 aromatic heterocycles. The number of hydrogen-bond acceptors (Lipinski definition) is 19. The van der Waals surface area contributed by atoms with E-state index in [0.717, 1.165) is 20.8 Å². The maximum absolute atomic E-state index is 13.4. The first-order chi connectivity index (χ1) is 31.3. The van der Waals surface area contributed by atoms with Crippen molar-refractivity contribution < 1.29 is 93.1 Å². The predicted molar refractivity (Wildman–Crippen MR) is 228 cm³/mol. The maximum atomic E-state index is 13.4. The molecule has 0 aromatic carbocycles. The Morgan fingerprint density at radius 1 is 0.716 bits per heavy atom. The van der Waals surface area contributed by atoms with Crippen LogP contribution in [0.1, 0.15) is 73.6 Å². The average Bonchev–Trinajstić information content (AvgIpc) is 3.25. The first-order valence-corrected chi connectivity index (χ1v) is 21.4. The van der Waals surface area contributed by atoms with Crippen LogP contribution in [0.2, 0.25) is 0 Å². The van der Waals surface area contributed by atoms with E-state index in [1.54, 1.807) is 0 Å². The second kappa shape index (κ2) is 29.6. The Labute approximate surface area is 385 Å². The zero-order chi connectivity index (χ0) is 51.3. The van der Waals surface area contributed by atoms with Gasteiger partial charge in [-0.2, -0.15) is 0 Å². The smallest absolute Gasteiger partial charge is 0.326 e. The van der Waals surface area contributed by atoms with E-state index in [0.29, 0.717) is 6.42 Å². The first-order valence-electron chi connectivity index (χ1n) is 21.4. The van der Waals surface area contributed by atoms with Crippen LogP contribution in [0.3, 0.4) is 0 Å². The molecule has 1 fully saturated rings. The number of carbonyl (C=O) groups is 9. The third kappa shape index (κ3) is 20.3. The Morgan fingerprint density at radius 2 is 1.33 bits per heavy atom. The topological polar surface area (TPSA) is 459 Å². The highest BCUT2D eigenvalue weighted by Gasteiger charge is 2.49. The van der Waals surface area contributed by atoms with E-state index in [9.17, 15) is 78.9 Å². The standard InChI is InChI=1S/C39H69N9O19/c1-16(40)34(59)43-17(2)35(60)42-12-8-7-9-23(38(63)64)47-27(55)11-10-22(33(41)58)48-36(61)18(3)44-37(62)19(4)65-31(24(13-49)45-20(5)52)32(25(54)14-50)67-39-28(46-21(6)53)30(57)29(56)26(15-51)66-39/h16-19,22-26,28-32,39,49-51,54,56-57H,7-15,40H2,1-6H3,(H2,41,58)(H,42,60)(H,43,59)(H,44,62)(H,45,52)(H,46,53)(H,47,55)(H,48,61)(H,63,64)/t16-,17-,18-,19-,22-,23-,24?,25+,26+,28+,29+,30+,31-,32+,39-/m0/s1. The Hall–Kier alpha value is -5.17. The summed E-state index contributed by atoms with van der Waals surface area (Å²) in [5.74, 6) is -7.76. The molecular weight excluding hydrogens is 898 g/mol. The number of aliphatic hydroxyl groups is 6. The van der Waals surface area contributed by atoms with Crippen molar-refractivity contribution in [2.45, 2.75) is 165 Å². The number of carboxylic acid groups (broad SMARTS) is 1. The second-order valence-electron chi connectivity index (χ2n) is 16.0. The van der Waals surface area contributed by atoms with Crippen molar-refractivity contribution in [3.63, 3.8) is 0 Å². The minimum Gasteiger partial charge on any atom is -0.480 e. The van der Waals surface area contributed by atoms with Gasteiger partial charge in [-0.1, -0.05) is 0 Å². The highest BCUT2D eigenvalue weighted by atomic mass is 16.7. The SMILES string of the molecule is CC(=O)NC(CO)[C@H](O[C@@H](C)C(=O)N[C@@H](C)C(=O)N[C@@H](CCC(=O)N[C@@H](CCCCNC(=O)[C@H](C)NC(=O)[C@H](C)N)C(=O)O)C(N)=O)[C@H](O[C@@H]1O[C@H](CO)[C@@H](O)[C@H](O)[C@H]1NC(C)=O)[C@H](O)CO. The number of hydrogen-bond donors (Lipinski definition) is 16. The van der Waals surface area contributed by atoms with E-state index in [4.69, 9.17) is 25.7 Å². The fourth-order valence-electron chi connectivity index (χ4n) is 6.45. The summed E-state index contributed by atoms with van der Waals surface area (Å²) in [6.07, 6.45) is -14.5. The number of rotatable bonds is 30. The summed E-state index contributed by atoms with van der Waals surface area (Å²) >= 11 is 0. The highest BCUT2D eigenvalue weighted by Crippen LogP contribution is 2.27. The molecule has 8 amide bonds. The predicted octanol–water partition coefficient (Wildman–Crippen LogP) is -8.10. The lowest BCUT2D eigenvalue weighted by Gasteiger charge is -2.45. The van der Waals surface area contributed by atoms with Crippen molar-refractivity contribution in [2.75, 3.05) is 26.4 Å². The molecule has 1 saturated heterocycles. The summed E-state index contributed by atoms with van der Waals surface area (Å²) in [6, 6.07) is -9.04. The zero-order valence-corrected chi connectivity index (χ0v) is 38.2. The minimum absolute atomic E-state index is 0.0399. The molecule has 1 rings (SSSR count). The summed E-state index contributed by atoms with van der Waals surface area (Å²) in [7, 11) is 0. The lowest BCUT2D eigenvalue weighted by Crippen LogP contribution is -2.67. The van der Waals surface area contributed by atoms with Gasteiger partial charge in [0.05, 0.1) is 31.9 Å². The van der Waals surface area contributed by atoms with Crippen molar-refractivity contribution in [1.29, 1.82) is 0 Å². The molecular formula is C39H69N9O19. The number of ether oxygens (including phenoxy) is 3. The molecule has 18 N–H and O–H groups in total. The minimum atomic E-state index is -1.96. The van der Waals surface area contributed by atoms with Gasteiger partial charge in [0.1, 0.15) is 72.9 Å². The third-order valence-electron chi connectivity index (χ3n) is 10.2. The molecule has 0 spiro atoms. The largest absolute Gasteiger partial charge is 0.480 e. The molecule has 0 aliphatic carbocycles. The van der Waals surface area contributed by atoms with Gasteiger partial charge >= 0.3 is 5.97 Å². The molecule has 28 nitrogen and oxygen atoms in total. The number of nitrogens with two attached hydrogens (primary N) is 2. The van der Waals surface area contributed by atoms with E-state index >= 15 is 0 Å². The van der Waals surface area contributed by atoms with Gasteiger partial charge in [-0.3, -0.25) is 38.4 Å². The van der Waals surface area contributed by atoms with Gasteiger partial charge in [-0.25, -0.2) is 4.79 Å². The quantitative estimate of drug-likeness (QED) is 0.0297. The molecule has 384 valence electrons. The van der Waals surface area contributed by atoms with E-state index in [-0.39, 0.29) is 19.4 Å². The summed E-state index contributed by atoms with van der Waals surface area (Å²) in [5.41, 5.74) is 10.9. The van der Waals surface area contributed by atoms with Crippen molar-refractivity contribution in [3.8, 4) is 0 Å². The van der Waals surface area contributed by atoms with E-state index in [2.05, 4.69) is 37.2 Å². The van der Waals surface area contributed by atoms with Crippen LogP contribution in [0, 0.1) is 0 Å². The maximum Gasteiger partial charge on any atom is 0.326 e. The molecule has 67 heavy (non-hydrogen) atoms. The third-order valence-corrected chi connectivity index (χ3v) is 10.2. The molecule has 0 bridgehead atoms. The van der Waals surface area contributed by atoms with E-state index in [1.807, 2.05) is 0 Å². The van der Waals surface area contributed by atoms with Gasteiger partial charge in [0.25, 0.3) is 0 Å². The van der Waals surface area contributed by atoms with Crippen molar-refractivity contribution in [2.24, 2.45) is 11.5 Å². The number of carboxylic acids is 1. The molecule has 1 aliphatic heterocycles. The number of amides is 8. The molecule has 1 unspecified atom stereocenters. The van der Waals surface area contributed by atoms with Crippen LogP contribution in [0.4, 0.5) is 0 Å². The number of primary amides is 1. The van der Waals surface area contributed by atoms with Crippen LogP contribution in [0.15, 0.2) is 0 Å². The zero-order valence-electron chi connectivity index (χ0n) is 38.2. The van der Waals surface area contributed by atoms with Crippen molar-refractivity contribution in [3.05, 3.63) is 0 Å². The van der Waals surface area contributed by atoms with Crippen LogP contribution in [-0.2, 0) is 57.4 Å². The molecule has 0 aromatic rings. The average molecular weight is 968 g/mol. The lowest BCUT2D eigenvalue weighted by atomic mass is 9.96. The second-order valence-corrected chi connectivity index (χ2v) is 16.0. The van der Waals surface area contributed by atoms with Gasteiger partial charge < -0.3 is 98.6 Å². The summed E-state index contributed by atoms with van der Waals surface area (Å²) < 4.78 is 17.3. The van der Waals surface area contributed by atoms with Crippen LogP contribution >= 0.6 is 0 Å². The van der Waals surface area contributed by atoms with Gasteiger partial charge in [0, 0.05) is 26.8 Å². The fourth-order valence-corrected chi connectivity index (χ4v) is 6.45. The van der Waals surface area contributed by atoms with Crippen molar-refractivity contribution >= 4 is 53.2 Å². The summed E-state index contributed by atoms with van der Waals surface area (Å²) in [4.78, 5) is 111. The Kier molecular flexibility index (Phi) is 26.4. The van der Waals surface area contributed by atoms with E-state index in [1.165, 1.54) is 20.8 Å². The molecule has 28 heteroatoms. The van der Waals surface area contributed by atoms with E-state index < -0.39 is 177 Å². The number of aliphatic carboxylic acids is 1. The van der Waals surface area contributed by atoms with Crippen LogP contribution in [0.5, 0.6) is 0 Å². The summed E-state index contributed by atoms with van der Waals surface area (Å²) in [5, 5.41) is 88.4. The van der Waals surface area contributed by atoms with Crippen LogP contribution in [0.25, 0.3) is 0 Å². The van der Waals surface area contributed by atoms with Crippen LogP contribution in [-0.4, -0.2) is 207 Å². The van der Waals surface area contributed by atoms with Gasteiger partial charge in [-0.05, 0) is 53.4 Å². The molecule has 1 aliphatic rings. The van der Waals surface area contributed by atoms with Gasteiger partial charge in [0.2, 0.25) is 47.3 Å². The molecule has 15 atom stereocenters. The number of aliphatic hydroxyl groups excluding tert-OH is 6. The molecule has 1 heterocycles. The molecule has 0 radical (unpaired) electrons. The molecule has 0 saturated carbocycles. The van der Waals surface area contributed by atoms with Gasteiger partial charge in [-0.15, -0.1) is 0 Å². The van der Waals surface area contributed by atoms with Crippen LogP contribution < -0.4 is 48.7 Å². The number of carbonyl (C=O) groups excluding carboxylic acids is 8. The Balaban J connectivity index is 3.02. The number of nitrogens with one attached hydrogen (secondary N) is 7. The fraction of sp³-hybridized carbons (Fsp3) is 0.769. The Morgan fingerprint density at radius 3 is 1.85 bits per heavy atom. The Bertz CT molecular complexity index is 1680. The normalized spacial score (nSPS) is 22.6. The van der Waals surface area contributed by atoms with Gasteiger partial charge in [0.15, 0.2) is 6.29 Å². The highest BCUT2D eigenvalue weighted by molar-refractivity contribution is 5.92. The monoisotopic (exact) mass is 967 g/mol. The first kappa shape index (κ1) is 59.8. The summed E-state index contributed by atoms with van der Waals surface area (Å²) in [6.45, 7) is 4.66.